The van der Waals surface area contributed by atoms with Crippen LogP contribution in [0.4, 0.5) is 0 Å². The summed E-state index contributed by atoms with van der Waals surface area (Å²) in [5, 5.41) is 3.09. The van der Waals surface area contributed by atoms with Crippen molar-refractivity contribution < 1.29 is 14.3 Å². The minimum atomic E-state index is -0.609. The fraction of sp³-hybridized carbons (Fsp3) is 0.889. The standard InChI is InChI=1S/C9H19NO3/c1-9(2,8(11)13-4)10-6-5-7-12-3/h10H,5-7H2,1-4H3. The number of methoxy groups -OCH3 is 2. The average molecular weight is 189 g/mol. The zero-order valence-electron chi connectivity index (χ0n) is 8.85. The Hall–Kier alpha value is -0.610. The number of hydrogen-bond acceptors (Lipinski definition) is 4. The van der Waals surface area contributed by atoms with Crippen molar-refractivity contribution in [1.82, 2.24) is 5.32 Å². The van der Waals surface area contributed by atoms with Crippen LogP contribution in [0.2, 0.25) is 0 Å². The zero-order valence-corrected chi connectivity index (χ0v) is 8.85. The summed E-state index contributed by atoms with van der Waals surface area (Å²) in [6.07, 6.45) is 0.886. The van der Waals surface area contributed by atoms with Gasteiger partial charge in [0.2, 0.25) is 0 Å². The average Bonchev–Trinajstić information content (AvgIpc) is 2.11. The van der Waals surface area contributed by atoms with Gasteiger partial charge in [0.05, 0.1) is 7.11 Å². The summed E-state index contributed by atoms with van der Waals surface area (Å²) in [4.78, 5) is 11.2. The topological polar surface area (TPSA) is 47.6 Å². The molecule has 0 spiro atoms. The van der Waals surface area contributed by atoms with Crippen LogP contribution in [0.25, 0.3) is 0 Å². The van der Waals surface area contributed by atoms with Gasteiger partial charge in [-0.25, -0.2) is 0 Å². The Bertz CT molecular complexity index is 157. The first kappa shape index (κ1) is 12.4. The Labute approximate surface area is 79.6 Å². The van der Waals surface area contributed by atoms with E-state index in [1.165, 1.54) is 7.11 Å². The maximum absolute atomic E-state index is 11.2. The van der Waals surface area contributed by atoms with Gasteiger partial charge in [-0.05, 0) is 26.8 Å². The zero-order chi connectivity index (χ0) is 10.3. The van der Waals surface area contributed by atoms with Crippen molar-refractivity contribution >= 4 is 5.97 Å². The predicted octanol–water partition coefficient (Wildman–Crippen LogP) is 0.564. The third-order valence-corrected chi connectivity index (χ3v) is 1.79. The van der Waals surface area contributed by atoms with Crippen LogP contribution >= 0.6 is 0 Å². The largest absolute Gasteiger partial charge is 0.468 e. The highest BCUT2D eigenvalue weighted by Crippen LogP contribution is 2.03. The van der Waals surface area contributed by atoms with Crippen LogP contribution in [0.15, 0.2) is 0 Å². The van der Waals surface area contributed by atoms with Crippen molar-refractivity contribution in [1.29, 1.82) is 0 Å². The van der Waals surface area contributed by atoms with Gasteiger partial charge in [0.15, 0.2) is 0 Å². The first-order valence-corrected chi connectivity index (χ1v) is 4.37. The Balaban J connectivity index is 3.69. The molecule has 0 amide bonds. The molecule has 0 unspecified atom stereocenters. The van der Waals surface area contributed by atoms with Crippen LogP contribution in [0.5, 0.6) is 0 Å². The number of carbonyl (C=O) groups excluding carboxylic acids is 1. The van der Waals surface area contributed by atoms with Gasteiger partial charge in [-0.3, -0.25) is 4.79 Å². The molecule has 4 nitrogen and oxygen atoms in total. The normalized spacial score (nSPS) is 11.4. The van der Waals surface area contributed by atoms with Gasteiger partial charge in [0.25, 0.3) is 0 Å². The number of ether oxygens (including phenoxy) is 2. The van der Waals surface area contributed by atoms with E-state index >= 15 is 0 Å². The van der Waals surface area contributed by atoms with Gasteiger partial charge in [0.1, 0.15) is 5.54 Å². The fourth-order valence-electron chi connectivity index (χ4n) is 0.945. The molecule has 4 heteroatoms. The molecule has 0 fully saturated rings. The molecular formula is C9H19NO3. The van der Waals surface area contributed by atoms with E-state index in [2.05, 4.69) is 10.1 Å². The van der Waals surface area contributed by atoms with Crippen LogP contribution in [-0.2, 0) is 14.3 Å². The minimum Gasteiger partial charge on any atom is -0.468 e. The monoisotopic (exact) mass is 189 g/mol. The Morgan fingerprint density at radius 2 is 2.00 bits per heavy atom. The number of nitrogens with one attached hydrogen (secondary N) is 1. The summed E-state index contributed by atoms with van der Waals surface area (Å²) in [6.45, 7) is 5.04. The van der Waals surface area contributed by atoms with Crippen molar-refractivity contribution in [2.45, 2.75) is 25.8 Å². The van der Waals surface area contributed by atoms with E-state index < -0.39 is 5.54 Å². The maximum atomic E-state index is 11.2. The Kier molecular flexibility index (Phi) is 5.66. The molecule has 1 N–H and O–H groups in total. The molecule has 0 aliphatic rings. The van der Waals surface area contributed by atoms with Gasteiger partial charge in [0, 0.05) is 13.7 Å². The third-order valence-electron chi connectivity index (χ3n) is 1.79. The second kappa shape index (κ2) is 5.94. The minimum absolute atomic E-state index is 0.245. The van der Waals surface area contributed by atoms with E-state index in [4.69, 9.17) is 4.74 Å². The van der Waals surface area contributed by atoms with E-state index in [0.29, 0.717) is 6.61 Å². The fourth-order valence-corrected chi connectivity index (χ4v) is 0.945. The van der Waals surface area contributed by atoms with E-state index in [-0.39, 0.29) is 5.97 Å². The second-order valence-electron chi connectivity index (χ2n) is 3.39. The van der Waals surface area contributed by atoms with Gasteiger partial charge < -0.3 is 14.8 Å². The molecule has 0 rings (SSSR count). The van der Waals surface area contributed by atoms with Crippen LogP contribution < -0.4 is 5.32 Å². The van der Waals surface area contributed by atoms with Crippen LogP contribution in [0.3, 0.4) is 0 Å². The van der Waals surface area contributed by atoms with Gasteiger partial charge in [-0.1, -0.05) is 0 Å². The summed E-state index contributed by atoms with van der Waals surface area (Å²) in [5.41, 5.74) is -0.609. The van der Waals surface area contributed by atoms with E-state index in [1.807, 2.05) is 0 Å². The third kappa shape index (κ3) is 4.85. The van der Waals surface area contributed by atoms with Crippen molar-refractivity contribution in [3.05, 3.63) is 0 Å². The lowest BCUT2D eigenvalue weighted by molar-refractivity contribution is -0.147. The first-order valence-electron chi connectivity index (χ1n) is 4.37. The molecule has 0 aromatic carbocycles. The molecule has 0 aliphatic heterocycles. The molecule has 78 valence electrons. The van der Waals surface area contributed by atoms with E-state index in [1.54, 1.807) is 21.0 Å². The lowest BCUT2D eigenvalue weighted by Crippen LogP contribution is -2.47. The number of hydrogen-bond donors (Lipinski definition) is 1. The SMILES string of the molecule is COCCCNC(C)(C)C(=O)OC. The van der Waals surface area contributed by atoms with Gasteiger partial charge in [-0.2, -0.15) is 0 Å². The maximum Gasteiger partial charge on any atom is 0.325 e. The highest BCUT2D eigenvalue weighted by Gasteiger charge is 2.27. The second-order valence-corrected chi connectivity index (χ2v) is 3.39. The molecule has 0 aromatic rings. The van der Waals surface area contributed by atoms with Crippen LogP contribution in [0.1, 0.15) is 20.3 Å². The summed E-state index contributed by atoms with van der Waals surface area (Å²) in [6, 6.07) is 0. The summed E-state index contributed by atoms with van der Waals surface area (Å²) in [7, 11) is 3.05. The number of rotatable bonds is 6. The lowest BCUT2D eigenvalue weighted by Gasteiger charge is -2.22. The number of carbonyl (C=O) groups is 1. The molecule has 0 saturated heterocycles. The van der Waals surface area contributed by atoms with Crippen molar-refractivity contribution in [3.63, 3.8) is 0 Å². The van der Waals surface area contributed by atoms with Gasteiger partial charge >= 0.3 is 5.97 Å². The molecule has 0 radical (unpaired) electrons. The summed E-state index contributed by atoms with van der Waals surface area (Å²) < 4.78 is 9.53. The summed E-state index contributed by atoms with van der Waals surface area (Å²) in [5.74, 6) is -0.245. The van der Waals surface area contributed by atoms with Crippen LogP contribution in [-0.4, -0.2) is 38.9 Å². The summed E-state index contributed by atoms with van der Waals surface area (Å²) >= 11 is 0. The van der Waals surface area contributed by atoms with Gasteiger partial charge in [-0.15, -0.1) is 0 Å². The molecule has 0 atom stereocenters. The molecule has 0 heterocycles. The van der Waals surface area contributed by atoms with E-state index in [9.17, 15) is 4.79 Å². The molecule has 0 bridgehead atoms. The molecule has 0 saturated carbocycles. The molecule has 0 aromatic heterocycles. The van der Waals surface area contributed by atoms with Crippen molar-refractivity contribution in [3.8, 4) is 0 Å². The highest BCUT2D eigenvalue weighted by atomic mass is 16.5. The lowest BCUT2D eigenvalue weighted by atomic mass is 10.1. The van der Waals surface area contributed by atoms with Crippen molar-refractivity contribution in [2.24, 2.45) is 0 Å². The molecular weight excluding hydrogens is 170 g/mol. The van der Waals surface area contributed by atoms with Crippen LogP contribution in [0, 0.1) is 0 Å². The molecule has 13 heavy (non-hydrogen) atoms. The Morgan fingerprint density at radius 3 is 2.46 bits per heavy atom. The Morgan fingerprint density at radius 1 is 1.38 bits per heavy atom. The molecule has 0 aliphatic carbocycles. The number of esters is 1. The van der Waals surface area contributed by atoms with E-state index in [0.717, 1.165) is 13.0 Å². The predicted molar refractivity (Wildman–Crippen MR) is 50.6 cm³/mol. The first-order chi connectivity index (χ1) is 6.04. The smallest absolute Gasteiger partial charge is 0.325 e. The quantitative estimate of drug-likeness (QED) is 0.490. The van der Waals surface area contributed by atoms with Crippen molar-refractivity contribution in [2.75, 3.05) is 27.4 Å². The highest BCUT2D eigenvalue weighted by molar-refractivity contribution is 5.79.